The molecule has 27 heavy (non-hydrogen) atoms. The summed E-state index contributed by atoms with van der Waals surface area (Å²) in [5.74, 6) is 0.714. The summed E-state index contributed by atoms with van der Waals surface area (Å²) in [6, 6.07) is 13.8. The Kier molecular flexibility index (Phi) is 4.86. The second-order valence-electron chi connectivity index (χ2n) is 6.63. The number of nitrogens with zero attached hydrogens (tertiary/aromatic N) is 3. The van der Waals surface area contributed by atoms with Crippen LogP contribution in [0.4, 0.5) is 11.4 Å². The molecule has 5 nitrogen and oxygen atoms in total. The molecule has 2 aromatic carbocycles. The van der Waals surface area contributed by atoms with Gasteiger partial charge in [0.05, 0.1) is 13.0 Å². The topological polar surface area (TPSA) is 47.4 Å². The Bertz CT molecular complexity index is 939. The van der Waals surface area contributed by atoms with Crippen LogP contribution in [-0.4, -0.2) is 29.1 Å². The number of aromatic nitrogens is 2. The van der Waals surface area contributed by atoms with Crippen LogP contribution >= 0.6 is 11.6 Å². The summed E-state index contributed by atoms with van der Waals surface area (Å²) in [5.41, 5.74) is 3.27. The van der Waals surface area contributed by atoms with Gasteiger partial charge in [-0.3, -0.25) is 9.36 Å². The van der Waals surface area contributed by atoms with Crippen molar-refractivity contribution in [1.82, 2.24) is 9.55 Å². The molecular weight excluding hydrogens is 362 g/mol. The van der Waals surface area contributed by atoms with Crippen LogP contribution in [0, 0.1) is 5.92 Å². The smallest absolute Gasteiger partial charge is 0.236 e. The molecule has 1 aliphatic rings. The van der Waals surface area contributed by atoms with Crippen LogP contribution in [0.25, 0.3) is 0 Å². The molecule has 1 atom stereocenters. The van der Waals surface area contributed by atoms with E-state index < -0.39 is 0 Å². The number of aryl methyl sites for hydroxylation is 1. The summed E-state index contributed by atoms with van der Waals surface area (Å²) in [5, 5.41) is 0.686. The van der Waals surface area contributed by atoms with Crippen molar-refractivity contribution >= 4 is 28.9 Å². The Balaban J connectivity index is 1.75. The van der Waals surface area contributed by atoms with Crippen molar-refractivity contribution in [2.75, 3.05) is 18.6 Å². The maximum absolute atomic E-state index is 13.0. The van der Waals surface area contributed by atoms with E-state index in [1.165, 1.54) is 5.56 Å². The fourth-order valence-electron chi connectivity index (χ4n) is 3.54. The molecule has 0 amide bonds. The first kappa shape index (κ1) is 17.6. The first-order valence-electron chi connectivity index (χ1n) is 8.88. The fraction of sp³-hybridized carbons (Fsp3) is 0.238. The first-order chi connectivity index (χ1) is 13.2. The average molecular weight is 382 g/mol. The van der Waals surface area contributed by atoms with Gasteiger partial charge in [0, 0.05) is 41.4 Å². The Labute approximate surface area is 163 Å². The number of carbonyl (C=O) groups is 1. The summed E-state index contributed by atoms with van der Waals surface area (Å²) in [4.78, 5) is 19.2. The van der Waals surface area contributed by atoms with Gasteiger partial charge in [0.1, 0.15) is 12.1 Å². The number of imidazole rings is 1. The third kappa shape index (κ3) is 3.55. The molecule has 1 aromatic heterocycles. The monoisotopic (exact) mass is 381 g/mol. The maximum Gasteiger partial charge on any atom is 0.236 e. The van der Waals surface area contributed by atoms with Crippen LogP contribution in [0.5, 0.6) is 5.75 Å². The SMILES string of the molecule is COc1ccc2c(c1)N(c1ccc(Cl)cc1)CC(C(=O)n1ccnc1)CC2. The highest BCUT2D eigenvalue weighted by Crippen LogP contribution is 2.37. The Morgan fingerprint density at radius 3 is 2.74 bits per heavy atom. The van der Waals surface area contributed by atoms with Crippen LogP contribution in [-0.2, 0) is 6.42 Å². The van der Waals surface area contributed by atoms with E-state index in [1.807, 2.05) is 36.4 Å². The van der Waals surface area contributed by atoms with Gasteiger partial charge in [-0.05, 0) is 48.7 Å². The molecule has 0 saturated carbocycles. The summed E-state index contributed by atoms with van der Waals surface area (Å²) in [6.45, 7) is 0.582. The summed E-state index contributed by atoms with van der Waals surface area (Å²) < 4.78 is 7.00. The van der Waals surface area contributed by atoms with E-state index in [1.54, 1.807) is 30.4 Å². The number of benzene rings is 2. The molecular formula is C21H20ClN3O2. The molecule has 3 aromatic rings. The Morgan fingerprint density at radius 1 is 1.22 bits per heavy atom. The standard InChI is InChI=1S/C21H20ClN3O2/c1-27-19-9-4-15-2-3-16(21(26)24-11-10-23-14-24)13-25(20(15)12-19)18-7-5-17(22)6-8-18/h4-12,14,16H,2-3,13H2,1H3. The molecule has 0 radical (unpaired) electrons. The highest BCUT2D eigenvalue weighted by molar-refractivity contribution is 6.30. The van der Waals surface area contributed by atoms with Crippen LogP contribution in [0.15, 0.2) is 61.2 Å². The molecule has 0 spiro atoms. The zero-order valence-corrected chi connectivity index (χ0v) is 15.8. The third-order valence-electron chi connectivity index (χ3n) is 4.99. The van der Waals surface area contributed by atoms with Crippen molar-refractivity contribution in [2.24, 2.45) is 5.92 Å². The van der Waals surface area contributed by atoms with Crippen molar-refractivity contribution < 1.29 is 9.53 Å². The van der Waals surface area contributed by atoms with Crippen molar-refractivity contribution in [2.45, 2.75) is 12.8 Å². The van der Waals surface area contributed by atoms with E-state index in [-0.39, 0.29) is 11.8 Å². The van der Waals surface area contributed by atoms with Crippen LogP contribution in [0.2, 0.25) is 5.02 Å². The predicted molar refractivity (Wildman–Crippen MR) is 106 cm³/mol. The zero-order chi connectivity index (χ0) is 18.8. The van der Waals surface area contributed by atoms with Gasteiger partial charge in [-0.1, -0.05) is 17.7 Å². The highest BCUT2D eigenvalue weighted by atomic mass is 35.5. The number of hydrogen-bond donors (Lipinski definition) is 0. The highest BCUT2D eigenvalue weighted by Gasteiger charge is 2.28. The van der Waals surface area contributed by atoms with E-state index in [9.17, 15) is 4.79 Å². The van der Waals surface area contributed by atoms with Gasteiger partial charge in [0.15, 0.2) is 0 Å². The first-order valence-corrected chi connectivity index (χ1v) is 9.25. The van der Waals surface area contributed by atoms with E-state index >= 15 is 0 Å². The number of hydrogen-bond acceptors (Lipinski definition) is 4. The maximum atomic E-state index is 13.0. The summed E-state index contributed by atoms with van der Waals surface area (Å²) >= 11 is 6.07. The number of methoxy groups -OCH3 is 1. The quantitative estimate of drug-likeness (QED) is 0.666. The molecule has 0 saturated heterocycles. The van der Waals surface area contributed by atoms with Gasteiger partial charge in [-0.25, -0.2) is 4.98 Å². The minimum atomic E-state index is -0.145. The lowest BCUT2D eigenvalue weighted by Gasteiger charge is -2.28. The minimum absolute atomic E-state index is 0.0613. The molecule has 1 aliphatic heterocycles. The number of anilines is 2. The van der Waals surface area contributed by atoms with Crippen molar-refractivity contribution in [3.63, 3.8) is 0 Å². The molecule has 138 valence electrons. The molecule has 2 heterocycles. The molecule has 0 N–H and O–H groups in total. The van der Waals surface area contributed by atoms with E-state index in [0.717, 1.165) is 30.0 Å². The van der Waals surface area contributed by atoms with E-state index in [4.69, 9.17) is 16.3 Å². The van der Waals surface area contributed by atoms with Gasteiger partial charge in [0.25, 0.3) is 0 Å². The summed E-state index contributed by atoms with van der Waals surface area (Å²) in [7, 11) is 1.66. The number of halogens is 1. The Morgan fingerprint density at radius 2 is 2.04 bits per heavy atom. The van der Waals surface area contributed by atoms with Gasteiger partial charge < -0.3 is 9.64 Å². The minimum Gasteiger partial charge on any atom is -0.497 e. The lowest BCUT2D eigenvalue weighted by Crippen LogP contribution is -2.31. The average Bonchev–Trinajstić information content (AvgIpc) is 3.17. The number of fused-ring (bicyclic) bond motifs is 1. The zero-order valence-electron chi connectivity index (χ0n) is 15.0. The van der Waals surface area contributed by atoms with Gasteiger partial charge in [-0.15, -0.1) is 0 Å². The van der Waals surface area contributed by atoms with Crippen LogP contribution < -0.4 is 9.64 Å². The lowest BCUT2D eigenvalue weighted by molar-refractivity contribution is 0.0833. The van der Waals surface area contributed by atoms with E-state index in [2.05, 4.69) is 16.0 Å². The molecule has 0 fully saturated rings. The number of ether oxygens (including phenoxy) is 1. The largest absolute Gasteiger partial charge is 0.497 e. The van der Waals surface area contributed by atoms with Crippen molar-refractivity contribution in [3.8, 4) is 5.75 Å². The molecule has 0 bridgehead atoms. The second-order valence-corrected chi connectivity index (χ2v) is 7.06. The fourth-order valence-corrected chi connectivity index (χ4v) is 3.67. The normalized spacial score (nSPS) is 16.5. The second kappa shape index (κ2) is 7.45. The van der Waals surface area contributed by atoms with Gasteiger partial charge in [0.2, 0.25) is 5.91 Å². The molecule has 6 heteroatoms. The Hall–Kier alpha value is -2.79. The number of carbonyl (C=O) groups excluding carboxylic acids is 1. The summed E-state index contributed by atoms with van der Waals surface area (Å²) in [6.07, 6.45) is 6.51. The van der Waals surface area contributed by atoms with Crippen molar-refractivity contribution in [3.05, 3.63) is 71.8 Å². The van der Waals surface area contributed by atoms with E-state index in [0.29, 0.717) is 11.6 Å². The van der Waals surface area contributed by atoms with Crippen LogP contribution in [0.3, 0.4) is 0 Å². The molecule has 0 aliphatic carbocycles. The predicted octanol–water partition coefficient (Wildman–Crippen LogP) is 4.59. The van der Waals surface area contributed by atoms with Gasteiger partial charge >= 0.3 is 0 Å². The van der Waals surface area contributed by atoms with Crippen molar-refractivity contribution in [1.29, 1.82) is 0 Å². The number of rotatable bonds is 3. The lowest BCUT2D eigenvalue weighted by atomic mass is 10.00. The van der Waals surface area contributed by atoms with Gasteiger partial charge in [-0.2, -0.15) is 0 Å². The molecule has 1 unspecified atom stereocenters. The third-order valence-corrected chi connectivity index (χ3v) is 5.25. The molecule has 4 rings (SSSR count). The van der Waals surface area contributed by atoms with Crippen LogP contribution in [0.1, 0.15) is 16.8 Å².